The largest absolute Gasteiger partial charge is 0.306 e. The number of rotatable bonds is 1. The number of halogens is 1. The van der Waals surface area contributed by atoms with Crippen molar-refractivity contribution in [3.8, 4) is 0 Å². The van der Waals surface area contributed by atoms with E-state index in [4.69, 9.17) is 0 Å². The molecule has 1 unspecified atom stereocenters. The first-order chi connectivity index (χ1) is 6.66. The highest BCUT2D eigenvalue weighted by Gasteiger charge is 2.22. The van der Waals surface area contributed by atoms with Crippen LogP contribution < -0.4 is 5.56 Å². The minimum Gasteiger partial charge on any atom is -0.306 e. The molecule has 2 heterocycles. The van der Waals surface area contributed by atoms with Crippen LogP contribution in [0.5, 0.6) is 0 Å². The minimum atomic E-state index is -0.167. The van der Waals surface area contributed by atoms with E-state index in [-0.39, 0.29) is 5.56 Å². The number of hydrogen-bond donors (Lipinski definition) is 1. The number of aromatic amines is 1. The maximum absolute atomic E-state index is 11.1. The van der Waals surface area contributed by atoms with E-state index < -0.39 is 0 Å². The summed E-state index contributed by atoms with van der Waals surface area (Å²) in [4.78, 5) is 13.3. The summed E-state index contributed by atoms with van der Waals surface area (Å²) in [6.45, 7) is 2.12. The van der Waals surface area contributed by atoms with Gasteiger partial charge in [-0.25, -0.2) is 5.10 Å². The Morgan fingerprint density at radius 2 is 2.50 bits per heavy atom. The van der Waals surface area contributed by atoms with E-state index in [2.05, 4.69) is 38.1 Å². The molecule has 5 heteroatoms. The molecule has 1 aliphatic heterocycles. The van der Waals surface area contributed by atoms with Gasteiger partial charge in [0.2, 0.25) is 0 Å². The standard InChI is InChI=1S/C9H12BrN3O/c1-13-3-2-6(5-13)8-4-7(10)9(14)12-11-8/h4,6H,2-3,5H2,1H3,(H,12,14). The molecule has 1 aromatic heterocycles. The van der Waals surface area contributed by atoms with Gasteiger partial charge in [0.25, 0.3) is 5.56 Å². The summed E-state index contributed by atoms with van der Waals surface area (Å²) in [6.07, 6.45) is 1.11. The molecule has 1 fully saturated rings. The zero-order valence-electron chi connectivity index (χ0n) is 7.96. The lowest BCUT2D eigenvalue weighted by Gasteiger charge is -2.09. The van der Waals surface area contributed by atoms with Gasteiger partial charge < -0.3 is 4.90 Å². The molecule has 1 aliphatic rings. The van der Waals surface area contributed by atoms with E-state index in [1.165, 1.54) is 0 Å². The fourth-order valence-electron chi connectivity index (χ4n) is 1.78. The van der Waals surface area contributed by atoms with Gasteiger partial charge in [0.15, 0.2) is 0 Å². The molecule has 0 bridgehead atoms. The molecule has 2 rings (SSSR count). The first-order valence-corrected chi connectivity index (χ1v) is 5.40. The van der Waals surface area contributed by atoms with Crippen LogP contribution in [0.25, 0.3) is 0 Å². The van der Waals surface area contributed by atoms with Gasteiger partial charge >= 0.3 is 0 Å². The van der Waals surface area contributed by atoms with Crippen LogP contribution in [-0.4, -0.2) is 35.2 Å². The molecule has 76 valence electrons. The van der Waals surface area contributed by atoms with Crippen molar-refractivity contribution in [2.75, 3.05) is 20.1 Å². The highest BCUT2D eigenvalue weighted by Crippen LogP contribution is 2.24. The first-order valence-electron chi connectivity index (χ1n) is 4.60. The molecule has 14 heavy (non-hydrogen) atoms. The summed E-state index contributed by atoms with van der Waals surface area (Å²) in [5.74, 6) is 0.452. The normalized spacial score (nSPS) is 22.9. The van der Waals surface area contributed by atoms with Crippen molar-refractivity contribution in [1.82, 2.24) is 15.1 Å². The number of H-pyrrole nitrogens is 1. The fourth-order valence-corrected chi connectivity index (χ4v) is 2.11. The van der Waals surface area contributed by atoms with Crippen LogP contribution in [0.2, 0.25) is 0 Å². The second-order valence-electron chi connectivity index (χ2n) is 3.72. The predicted octanol–water partition coefficient (Wildman–Crippen LogP) is 0.952. The van der Waals surface area contributed by atoms with Gasteiger partial charge in [0.05, 0.1) is 10.2 Å². The third-order valence-electron chi connectivity index (χ3n) is 2.59. The Morgan fingerprint density at radius 3 is 3.07 bits per heavy atom. The molecule has 0 saturated carbocycles. The highest BCUT2D eigenvalue weighted by atomic mass is 79.9. The van der Waals surface area contributed by atoms with E-state index in [0.717, 1.165) is 25.2 Å². The average molecular weight is 258 g/mol. The number of aromatic nitrogens is 2. The van der Waals surface area contributed by atoms with E-state index in [1.807, 2.05) is 6.07 Å². The van der Waals surface area contributed by atoms with Crippen LogP contribution in [-0.2, 0) is 0 Å². The van der Waals surface area contributed by atoms with Crippen LogP contribution in [0.3, 0.4) is 0 Å². The van der Waals surface area contributed by atoms with E-state index in [0.29, 0.717) is 10.4 Å². The molecule has 0 radical (unpaired) electrons. The maximum Gasteiger partial charge on any atom is 0.278 e. The maximum atomic E-state index is 11.1. The van der Waals surface area contributed by atoms with Crippen LogP contribution in [0.1, 0.15) is 18.0 Å². The molecule has 0 amide bonds. The molecule has 1 atom stereocenters. The third kappa shape index (κ3) is 1.88. The van der Waals surface area contributed by atoms with E-state index in [1.54, 1.807) is 0 Å². The van der Waals surface area contributed by atoms with Gasteiger partial charge in [0, 0.05) is 12.5 Å². The second-order valence-corrected chi connectivity index (χ2v) is 4.57. The quantitative estimate of drug-likeness (QED) is 0.815. The molecule has 4 nitrogen and oxygen atoms in total. The lowest BCUT2D eigenvalue weighted by Crippen LogP contribution is -2.16. The summed E-state index contributed by atoms with van der Waals surface area (Å²) < 4.78 is 0.567. The monoisotopic (exact) mass is 257 g/mol. The van der Waals surface area contributed by atoms with Crippen molar-refractivity contribution in [3.05, 3.63) is 26.6 Å². The lowest BCUT2D eigenvalue weighted by molar-refractivity contribution is 0.410. The topological polar surface area (TPSA) is 49.0 Å². The SMILES string of the molecule is CN1CCC(c2cc(Br)c(=O)[nH]n2)C1. The van der Waals surface area contributed by atoms with Crippen LogP contribution in [0, 0.1) is 0 Å². The molecular weight excluding hydrogens is 246 g/mol. The Kier molecular flexibility index (Phi) is 2.69. The van der Waals surface area contributed by atoms with Crippen molar-refractivity contribution in [3.63, 3.8) is 0 Å². The second kappa shape index (κ2) is 3.82. The Labute approximate surface area is 90.4 Å². The summed E-state index contributed by atoms with van der Waals surface area (Å²) in [6, 6.07) is 1.82. The van der Waals surface area contributed by atoms with Gasteiger partial charge in [-0.15, -0.1) is 0 Å². The Balaban J connectivity index is 2.25. The smallest absolute Gasteiger partial charge is 0.278 e. The summed E-state index contributed by atoms with van der Waals surface area (Å²) >= 11 is 3.21. The Morgan fingerprint density at radius 1 is 1.71 bits per heavy atom. The van der Waals surface area contributed by atoms with Crippen molar-refractivity contribution in [2.24, 2.45) is 0 Å². The number of hydrogen-bond acceptors (Lipinski definition) is 3. The van der Waals surface area contributed by atoms with Gasteiger partial charge in [-0.1, -0.05) is 0 Å². The molecule has 1 aromatic rings. The Bertz CT molecular complexity index is 390. The Hall–Kier alpha value is -0.680. The molecular formula is C9H12BrN3O. The number of likely N-dealkylation sites (N-methyl/N-ethyl adjacent to an activating group) is 1. The van der Waals surface area contributed by atoms with Crippen LogP contribution in [0.4, 0.5) is 0 Å². The van der Waals surface area contributed by atoms with Crippen molar-refractivity contribution < 1.29 is 0 Å². The molecule has 1 N–H and O–H groups in total. The summed E-state index contributed by atoms with van der Waals surface area (Å²) in [5.41, 5.74) is 0.806. The average Bonchev–Trinajstić information content (AvgIpc) is 2.57. The first kappa shape index (κ1) is 9.86. The number of likely N-dealkylation sites (tertiary alicyclic amines) is 1. The minimum absolute atomic E-state index is 0.167. The van der Waals surface area contributed by atoms with Crippen molar-refractivity contribution in [2.45, 2.75) is 12.3 Å². The molecule has 1 saturated heterocycles. The van der Waals surface area contributed by atoms with Gasteiger partial charge in [-0.05, 0) is 42.0 Å². The zero-order valence-corrected chi connectivity index (χ0v) is 9.54. The zero-order chi connectivity index (χ0) is 10.1. The number of nitrogens with zero attached hydrogens (tertiary/aromatic N) is 2. The van der Waals surface area contributed by atoms with Crippen molar-refractivity contribution >= 4 is 15.9 Å². The lowest BCUT2D eigenvalue weighted by atomic mass is 10.1. The summed E-state index contributed by atoms with van der Waals surface area (Å²) in [7, 11) is 2.10. The van der Waals surface area contributed by atoms with Gasteiger partial charge in [-0.3, -0.25) is 4.79 Å². The fraction of sp³-hybridized carbons (Fsp3) is 0.556. The van der Waals surface area contributed by atoms with Crippen molar-refractivity contribution in [1.29, 1.82) is 0 Å². The third-order valence-corrected chi connectivity index (χ3v) is 3.18. The predicted molar refractivity (Wildman–Crippen MR) is 57.4 cm³/mol. The summed E-state index contributed by atoms with van der Waals surface area (Å²) in [5, 5.41) is 6.55. The molecule has 0 aromatic carbocycles. The van der Waals surface area contributed by atoms with E-state index in [9.17, 15) is 4.79 Å². The van der Waals surface area contributed by atoms with Crippen LogP contribution in [0.15, 0.2) is 15.3 Å². The number of nitrogens with one attached hydrogen (secondary N) is 1. The molecule has 0 aliphatic carbocycles. The van der Waals surface area contributed by atoms with Crippen LogP contribution >= 0.6 is 15.9 Å². The molecule has 0 spiro atoms. The van der Waals surface area contributed by atoms with E-state index >= 15 is 0 Å². The van der Waals surface area contributed by atoms with Gasteiger partial charge in [-0.2, -0.15) is 5.10 Å². The highest BCUT2D eigenvalue weighted by molar-refractivity contribution is 9.10. The van der Waals surface area contributed by atoms with Gasteiger partial charge in [0.1, 0.15) is 0 Å².